The molecule has 0 spiro atoms. The van der Waals surface area contributed by atoms with Gasteiger partial charge in [0.25, 0.3) is 0 Å². The maximum absolute atomic E-state index is 5.18. The fraction of sp³-hybridized carbons (Fsp3) is 0.297. The Hall–Kier alpha value is -12.7. The first kappa shape index (κ1) is 99.4. The molecule has 0 aliphatic heterocycles. The molecule has 18 aromatic carbocycles. The molecule has 2 aliphatic rings. The number of hydrogen-bond acceptors (Lipinski definition) is 2. The molecule has 1 heterocycles. The first-order chi connectivity index (χ1) is 66.9. The van der Waals surface area contributed by atoms with Crippen LogP contribution in [0.3, 0.4) is 0 Å². The lowest BCUT2D eigenvalue weighted by Crippen LogP contribution is -2.18. The molecule has 4 heteroatoms. The predicted octanol–water partition coefficient (Wildman–Crippen LogP) is 39.8. The molecule has 0 bridgehead atoms. The van der Waals surface area contributed by atoms with Crippen molar-refractivity contribution < 1.29 is 0 Å². The quantitative estimate of drug-likeness (QED) is 0.110. The molecule has 0 amide bonds. The van der Waals surface area contributed by atoms with E-state index in [0.29, 0.717) is 6.54 Å². The SMILES string of the molecule is CC(C)(C)c1c2ccccc2c(C(C)(C)C)c2cc(Br)ccc12.CC(C)(C)c1c2ccccc2c(C(C)(C)C)c2cc(CN=C(c3ccccc3)c3ccccc3)ccc12.CC1=C(C)c2cc3c(C(C)(C)C)c4ccccc4c(C(C)(C)C)c3cc2C1.Cc1c(C)n(-c2ccc(N(c3ccccc3)c3ccc4c(c3)C(C)(C)c3ccccc3-4)cc2)c2cc3c(C(C)(C)C)c4ccccc4c(C(C)(C)C)c3cc12. The van der Waals surface area contributed by atoms with Crippen LogP contribution in [0.2, 0.25) is 0 Å². The number of benzene rings is 18. The first-order valence-corrected chi connectivity index (χ1v) is 52.4. The van der Waals surface area contributed by atoms with Gasteiger partial charge in [-0.05, 0) is 349 Å². The van der Waals surface area contributed by atoms with Gasteiger partial charge in [0.05, 0.1) is 17.8 Å². The highest BCUT2D eigenvalue weighted by atomic mass is 79.9. The highest BCUT2D eigenvalue weighted by Gasteiger charge is 2.39. The zero-order chi connectivity index (χ0) is 102. The molecular weight excluding hydrogens is 1780 g/mol. The number of para-hydroxylation sites is 1. The molecule has 21 rings (SSSR count). The van der Waals surface area contributed by atoms with Gasteiger partial charge in [0, 0.05) is 54.8 Å². The number of allylic oxidation sites excluding steroid dienone is 2. The van der Waals surface area contributed by atoms with E-state index in [1.165, 1.54) is 214 Å². The van der Waals surface area contributed by atoms with E-state index >= 15 is 0 Å². The number of aryl methyl sites for hydroxylation is 1. The van der Waals surface area contributed by atoms with E-state index in [0.717, 1.165) is 39.1 Å². The van der Waals surface area contributed by atoms with Crippen LogP contribution in [0.5, 0.6) is 0 Å². The smallest absolute Gasteiger partial charge is 0.0723 e. The Labute approximate surface area is 855 Å². The molecule has 0 saturated carbocycles. The number of nitrogens with zero attached hydrogens (tertiary/aromatic N) is 3. The van der Waals surface area contributed by atoms with Crippen molar-refractivity contribution in [2.75, 3.05) is 4.90 Å². The lowest BCUT2D eigenvalue weighted by Gasteiger charge is -2.30. The van der Waals surface area contributed by atoms with Crippen molar-refractivity contribution in [3.8, 4) is 16.8 Å². The van der Waals surface area contributed by atoms with Crippen LogP contribution in [-0.2, 0) is 61.7 Å². The summed E-state index contributed by atoms with van der Waals surface area (Å²) in [4.78, 5) is 7.58. The highest BCUT2D eigenvalue weighted by Crippen LogP contribution is 2.55. The van der Waals surface area contributed by atoms with E-state index in [-0.39, 0.29) is 48.7 Å². The summed E-state index contributed by atoms with van der Waals surface area (Å²) < 4.78 is 3.62. The summed E-state index contributed by atoms with van der Waals surface area (Å²) in [5.74, 6) is 0. The van der Waals surface area contributed by atoms with E-state index in [4.69, 9.17) is 4.99 Å². The van der Waals surface area contributed by atoms with Crippen molar-refractivity contribution >= 4 is 141 Å². The normalized spacial score (nSPS) is 13.5. The number of aliphatic imine (C=N–C) groups is 1. The van der Waals surface area contributed by atoms with Gasteiger partial charge in [0.15, 0.2) is 0 Å². The van der Waals surface area contributed by atoms with Crippen molar-refractivity contribution in [2.24, 2.45) is 4.99 Å². The number of aromatic nitrogens is 1. The third-order valence-electron chi connectivity index (χ3n) is 30.2. The van der Waals surface area contributed by atoms with E-state index in [1.807, 2.05) is 0 Å². The summed E-state index contributed by atoms with van der Waals surface area (Å²) in [6.07, 6.45) is 1.10. The summed E-state index contributed by atoms with van der Waals surface area (Å²) in [5, 5.41) is 23.5. The average Bonchev–Trinajstić information content (AvgIpc) is 1.17. The standard InChI is InChI=1S/C53H52N2.C36H37N.C27H32.C22H25Br/c1-33-34(2)54(48-32-45-44(31-43(33)48)49(51(3,4)5)41-21-14-15-22-42(41)50(45)52(6,7)8)36-24-26-37(27-25-36)55(35-18-12-11-13-19-35)38-28-29-40-39-20-16-17-23-46(39)53(9,10)47(40)30-38;1-35(2,3)32-28-19-13-14-20-29(28)33(36(4,5)6)31-23-25(21-22-30(31)32)24-37-34(26-15-9-7-10-16-26)27-17-11-8-12-18-27;1-16-13-18-14-22-23(15-21(18)17(16)2)25(27(6,7)8)20-12-10-9-11-19(20)24(22)26(3,4)5;1-21(2,3)19-15-9-7-8-10-16(15)20(22(4,5)6)18-13-14(23)11-12-17(18)19/h11-32H,1-10H3;7-23H,24H2,1-6H3;9-12,14-15H,13H2,1-8H3;7-13H,1-6H3. The molecule has 3 nitrogen and oxygen atoms in total. The molecule has 0 unspecified atom stereocenters. The van der Waals surface area contributed by atoms with Gasteiger partial charge < -0.3 is 9.47 Å². The van der Waals surface area contributed by atoms with Gasteiger partial charge in [-0.1, -0.05) is 426 Å². The number of anilines is 3. The van der Waals surface area contributed by atoms with Crippen molar-refractivity contribution in [1.29, 1.82) is 0 Å². The van der Waals surface area contributed by atoms with Crippen molar-refractivity contribution in [2.45, 2.75) is 269 Å². The fourth-order valence-electron chi connectivity index (χ4n) is 24.2. The van der Waals surface area contributed by atoms with Crippen LogP contribution in [-0.4, -0.2) is 10.3 Å². The molecule has 0 N–H and O–H groups in total. The van der Waals surface area contributed by atoms with Crippen LogP contribution < -0.4 is 4.90 Å². The summed E-state index contributed by atoms with van der Waals surface area (Å²) in [5.41, 5.74) is 36.3. The number of fused-ring (bicyclic) bond motifs is 13. The van der Waals surface area contributed by atoms with Gasteiger partial charge in [-0.2, -0.15) is 0 Å². The Balaban J connectivity index is 0.000000133. The second kappa shape index (κ2) is 36.9. The van der Waals surface area contributed by atoms with Crippen LogP contribution in [0.15, 0.2) is 330 Å². The highest BCUT2D eigenvalue weighted by molar-refractivity contribution is 9.10. The van der Waals surface area contributed by atoms with Crippen LogP contribution in [0.4, 0.5) is 17.1 Å². The Morgan fingerprint density at radius 1 is 0.296 bits per heavy atom. The second-order valence-electron chi connectivity index (χ2n) is 49.3. The molecule has 2 aliphatic carbocycles. The zero-order valence-corrected chi connectivity index (χ0v) is 91.7. The fourth-order valence-corrected chi connectivity index (χ4v) is 24.6. The van der Waals surface area contributed by atoms with Gasteiger partial charge in [-0.15, -0.1) is 0 Å². The summed E-state index contributed by atoms with van der Waals surface area (Å²) >= 11 is 3.67. The summed E-state index contributed by atoms with van der Waals surface area (Å²) in [6, 6.07) is 117. The third kappa shape index (κ3) is 18.4. The van der Waals surface area contributed by atoms with E-state index in [9.17, 15) is 0 Å². The number of rotatable bonds is 8. The Kier molecular flexibility index (Phi) is 25.8. The monoisotopic (exact) mass is 1920 g/mol. The Bertz CT molecular complexity index is 8190. The molecular formula is C138H146BrN3. The predicted molar refractivity (Wildman–Crippen MR) is 626 cm³/mol. The summed E-state index contributed by atoms with van der Waals surface area (Å²) in [7, 11) is 0. The Morgan fingerprint density at radius 3 is 1.07 bits per heavy atom. The molecule has 19 aromatic rings. The minimum absolute atomic E-state index is 0.00932. The van der Waals surface area contributed by atoms with Crippen LogP contribution >= 0.6 is 15.9 Å². The molecule has 142 heavy (non-hydrogen) atoms. The minimum Gasteiger partial charge on any atom is -0.314 e. The van der Waals surface area contributed by atoms with Gasteiger partial charge >= 0.3 is 0 Å². The number of halogens is 1. The molecule has 720 valence electrons. The molecule has 0 radical (unpaired) electrons. The molecule has 1 aromatic heterocycles. The summed E-state index contributed by atoms with van der Waals surface area (Å²) in [6.45, 7) is 70.6. The van der Waals surface area contributed by atoms with Crippen LogP contribution in [0.1, 0.15) is 289 Å². The molecule has 0 fully saturated rings. The first-order valence-electron chi connectivity index (χ1n) is 51.6. The van der Waals surface area contributed by atoms with E-state index in [2.05, 4.69) is 549 Å². The van der Waals surface area contributed by atoms with Crippen molar-refractivity contribution in [1.82, 2.24) is 4.57 Å². The van der Waals surface area contributed by atoms with E-state index in [1.54, 1.807) is 0 Å². The zero-order valence-electron chi connectivity index (χ0n) is 90.2. The second-order valence-corrected chi connectivity index (χ2v) is 50.3. The largest absolute Gasteiger partial charge is 0.314 e. The van der Waals surface area contributed by atoms with E-state index < -0.39 is 0 Å². The van der Waals surface area contributed by atoms with Crippen LogP contribution in [0.25, 0.3) is 119 Å². The molecule has 0 atom stereocenters. The maximum Gasteiger partial charge on any atom is 0.0723 e. The lowest BCUT2D eigenvalue weighted by molar-refractivity contribution is 0.593. The number of hydrogen-bond donors (Lipinski definition) is 0. The Morgan fingerprint density at radius 2 is 0.634 bits per heavy atom. The maximum atomic E-state index is 5.18. The third-order valence-corrected chi connectivity index (χ3v) is 30.7. The molecule has 0 saturated heterocycles. The van der Waals surface area contributed by atoms with Gasteiger partial charge in [0.1, 0.15) is 0 Å². The van der Waals surface area contributed by atoms with Gasteiger partial charge in [0.2, 0.25) is 0 Å². The van der Waals surface area contributed by atoms with Crippen molar-refractivity contribution in [3.63, 3.8) is 0 Å². The topological polar surface area (TPSA) is 20.5 Å². The van der Waals surface area contributed by atoms with Crippen LogP contribution in [0, 0.1) is 13.8 Å². The van der Waals surface area contributed by atoms with Crippen molar-refractivity contribution in [3.05, 3.63) is 420 Å². The lowest BCUT2D eigenvalue weighted by atomic mass is 9.73. The average molecular weight is 1930 g/mol. The minimum atomic E-state index is -0.0734. The van der Waals surface area contributed by atoms with Gasteiger partial charge in [-0.3, -0.25) is 4.99 Å². The van der Waals surface area contributed by atoms with Gasteiger partial charge in [-0.25, -0.2) is 0 Å².